The smallest absolute Gasteiger partial charge is 0.308 e. The molecule has 1 aliphatic rings. The zero-order chi connectivity index (χ0) is 15.5. The number of benzene rings is 2. The van der Waals surface area contributed by atoms with Gasteiger partial charge in [-0.1, -0.05) is 36.4 Å². The minimum Gasteiger partial charge on any atom is -0.462 e. The molecular weight excluding hydrogens is 276 g/mol. The first kappa shape index (κ1) is 15.0. The summed E-state index contributed by atoms with van der Waals surface area (Å²) in [5.74, 6) is -0.273. The van der Waals surface area contributed by atoms with Crippen LogP contribution in [0.4, 0.5) is 0 Å². The highest BCUT2D eigenvalue weighted by Crippen LogP contribution is 2.25. The molecule has 2 unspecified atom stereocenters. The molecule has 1 heterocycles. The normalized spacial score (nSPS) is 21.8. The topological polar surface area (TPSA) is 46.5 Å². The summed E-state index contributed by atoms with van der Waals surface area (Å²) >= 11 is 0. The molecule has 0 saturated carbocycles. The molecule has 1 fully saturated rings. The van der Waals surface area contributed by atoms with Gasteiger partial charge in [-0.3, -0.25) is 4.79 Å². The number of hydrogen-bond acceptors (Lipinski definition) is 3. The fourth-order valence-corrected chi connectivity index (χ4v) is 3.32. The highest BCUT2D eigenvalue weighted by molar-refractivity contribution is 5.86. The first-order valence-corrected chi connectivity index (χ1v) is 7.98. The molecule has 2 aromatic carbocycles. The minimum atomic E-state index is -0.537. The van der Waals surface area contributed by atoms with Crippen molar-refractivity contribution in [2.45, 2.75) is 51.2 Å². The molecule has 0 spiro atoms. The molecule has 22 heavy (non-hydrogen) atoms. The van der Waals surface area contributed by atoms with Crippen molar-refractivity contribution in [2.24, 2.45) is 0 Å². The average Bonchev–Trinajstić information content (AvgIpc) is 2.48. The van der Waals surface area contributed by atoms with Crippen molar-refractivity contribution in [3.63, 3.8) is 0 Å². The monoisotopic (exact) mass is 298 g/mol. The summed E-state index contributed by atoms with van der Waals surface area (Å²) in [7, 11) is 0. The molecular formula is C19H22O3. The molecule has 0 aromatic heterocycles. The highest BCUT2D eigenvalue weighted by Gasteiger charge is 2.26. The third-order valence-corrected chi connectivity index (χ3v) is 4.46. The average molecular weight is 298 g/mol. The van der Waals surface area contributed by atoms with Gasteiger partial charge in [0.05, 0.1) is 12.5 Å². The lowest BCUT2D eigenvalue weighted by Crippen LogP contribution is -2.32. The van der Waals surface area contributed by atoms with Gasteiger partial charge < -0.3 is 9.84 Å². The predicted molar refractivity (Wildman–Crippen MR) is 86.7 cm³/mol. The maximum atomic E-state index is 11.4. The zero-order valence-corrected chi connectivity index (χ0v) is 12.9. The Bertz CT molecular complexity index is 677. The summed E-state index contributed by atoms with van der Waals surface area (Å²) in [5.41, 5.74) is 2.68. The van der Waals surface area contributed by atoms with Gasteiger partial charge in [0.1, 0.15) is 6.10 Å². The maximum absolute atomic E-state index is 11.4. The second-order valence-corrected chi connectivity index (χ2v) is 6.18. The molecule has 0 bridgehead atoms. The number of aliphatic hydroxyl groups is 1. The fourth-order valence-electron chi connectivity index (χ4n) is 3.32. The molecule has 1 saturated heterocycles. The van der Waals surface area contributed by atoms with E-state index in [-0.39, 0.29) is 18.5 Å². The van der Waals surface area contributed by atoms with Crippen LogP contribution in [0.3, 0.4) is 0 Å². The van der Waals surface area contributed by atoms with Crippen LogP contribution in [0.2, 0.25) is 0 Å². The van der Waals surface area contributed by atoms with Gasteiger partial charge in [-0.25, -0.2) is 0 Å². The highest BCUT2D eigenvalue weighted by atomic mass is 16.5. The van der Waals surface area contributed by atoms with E-state index in [1.54, 1.807) is 0 Å². The van der Waals surface area contributed by atoms with E-state index in [0.717, 1.165) is 19.3 Å². The van der Waals surface area contributed by atoms with Gasteiger partial charge in [0, 0.05) is 6.42 Å². The maximum Gasteiger partial charge on any atom is 0.308 e. The molecule has 0 aliphatic carbocycles. The predicted octanol–water partition coefficient (Wildman–Crippen LogP) is 3.54. The number of esters is 1. The number of aliphatic hydroxyl groups excluding tert-OH is 1. The number of rotatable bonds is 4. The molecule has 3 nitrogen and oxygen atoms in total. The Kier molecular flexibility index (Phi) is 4.44. The molecule has 1 N–H and O–H groups in total. The standard InChI is InChI=1S/C19H22O3/c1-13-9-10-14-5-2-3-7-18(14)17(13)8-4-6-16-11-15(20)12-19(21)22-16/h2-3,5,7,9-10,15-16,20H,4,6,8,11-12H2,1H3. The minimum absolute atomic E-state index is 0.133. The Morgan fingerprint density at radius 1 is 1.23 bits per heavy atom. The molecule has 2 aromatic rings. The van der Waals surface area contributed by atoms with Gasteiger partial charge >= 0.3 is 5.97 Å². The lowest BCUT2D eigenvalue weighted by molar-refractivity contribution is -0.160. The van der Waals surface area contributed by atoms with Gasteiger partial charge in [0.2, 0.25) is 0 Å². The van der Waals surface area contributed by atoms with Crippen molar-refractivity contribution in [3.05, 3.63) is 47.5 Å². The van der Waals surface area contributed by atoms with Crippen molar-refractivity contribution in [3.8, 4) is 0 Å². The van der Waals surface area contributed by atoms with Crippen LogP contribution >= 0.6 is 0 Å². The lowest BCUT2D eigenvalue weighted by Gasteiger charge is -2.26. The third kappa shape index (κ3) is 3.30. The van der Waals surface area contributed by atoms with Crippen LogP contribution < -0.4 is 0 Å². The second kappa shape index (κ2) is 6.49. The quantitative estimate of drug-likeness (QED) is 0.878. The Morgan fingerprint density at radius 3 is 2.86 bits per heavy atom. The van der Waals surface area contributed by atoms with Crippen LogP contribution in [0.15, 0.2) is 36.4 Å². The van der Waals surface area contributed by atoms with Crippen molar-refractivity contribution in [1.82, 2.24) is 0 Å². The number of carbonyl (C=O) groups excluding carboxylic acids is 1. The first-order chi connectivity index (χ1) is 10.6. The van der Waals surface area contributed by atoms with Crippen LogP contribution in [0.5, 0.6) is 0 Å². The number of ether oxygens (including phenoxy) is 1. The fraction of sp³-hybridized carbons (Fsp3) is 0.421. The molecule has 0 radical (unpaired) electrons. The van der Waals surface area contributed by atoms with E-state index in [4.69, 9.17) is 4.74 Å². The Balaban J connectivity index is 1.67. The van der Waals surface area contributed by atoms with Gasteiger partial charge in [-0.2, -0.15) is 0 Å². The van der Waals surface area contributed by atoms with Crippen LogP contribution in [-0.4, -0.2) is 23.3 Å². The summed E-state index contributed by atoms with van der Waals surface area (Å²) in [5, 5.41) is 12.2. The molecule has 3 rings (SSSR count). The number of aryl methyl sites for hydroxylation is 2. The Hall–Kier alpha value is -1.87. The molecule has 3 heteroatoms. The largest absolute Gasteiger partial charge is 0.462 e. The van der Waals surface area contributed by atoms with Gasteiger partial charge in [0.25, 0.3) is 0 Å². The van der Waals surface area contributed by atoms with E-state index in [9.17, 15) is 9.90 Å². The van der Waals surface area contributed by atoms with Crippen LogP contribution in [0.25, 0.3) is 10.8 Å². The number of fused-ring (bicyclic) bond motifs is 1. The SMILES string of the molecule is Cc1ccc2ccccc2c1CCCC1CC(O)CC(=O)O1. The number of carbonyl (C=O) groups is 1. The summed E-state index contributed by atoms with van der Waals surface area (Å²) < 4.78 is 5.31. The van der Waals surface area contributed by atoms with E-state index in [1.165, 1.54) is 21.9 Å². The second-order valence-electron chi connectivity index (χ2n) is 6.18. The number of hydrogen-bond donors (Lipinski definition) is 1. The van der Waals surface area contributed by atoms with Gasteiger partial charge in [-0.05, 0) is 48.1 Å². The first-order valence-electron chi connectivity index (χ1n) is 7.98. The molecule has 116 valence electrons. The summed E-state index contributed by atoms with van der Waals surface area (Å²) in [6, 6.07) is 12.8. The third-order valence-electron chi connectivity index (χ3n) is 4.46. The van der Waals surface area contributed by atoms with E-state index in [0.29, 0.717) is 6.42 Å². The van der Waals surface area contributed by atoms with Crippen molar-refractivity contribution in [1.29, 1.82) is 0 Å². The molecule has 1 aliphatic heterocycles. The van der Waals surface area contributed by atoms with Crippen LogP contribution in [0.1, 0.15) is 36.8 Å². The summed E-state index contributed by atoms with van der Waals surface area (Å²) in [4.78, 5) is 11.4. The van der Waals surface area contributed by atoms with Gasteiger partial charge in [0.15, 0.2) is 0 Å². The van der Waals surface area contributed by atoms with Crippen LogP contribution in [-0.2, 0) is 16.0 Å². The van der Waals surface area contributed by atoms with Crippen molar-refractivity contribution < 1.29 is 14.6 Å². The van der Waals surface area contributed by atoms with Crippen LogP contribution in [0, 0.1) is 6.92 Å². The van der Waals surface area contributed by atoms with E-state index in [1.807, 2.05) is 0 Å². The number of cyclic esters (lactones) is 1. The van der Waals surface area contributed by atoms with E-state index < -0.39 is 6.10 Å². The summed E-state index contributed by atoms with van der Waals surface area (Å²) in [6.45, 7) is 2.15. The van der Waals surface area contributed by atoms with E-state index >= 15 is 0 Å². The molecule has 0 amide bonds. The van der Waals surface area contributed by atoms with E-state index in [2.05, 4.69) is 43.3 Å². The Labute approximate surface area is 130 Å². The van der Waals surface area contributed by atoms with Crippen molar-refractivity contribution >= 4 is 16.7 Å². The zero-order valence-electron chi connectivity index (χ0n) is 12.9. The summed E-state index contributed by atoms with van der Waals surface area (Å²) in [6.07, 6.45) is 2.78. The van der Waals surface area contributed by atoms with Gasteiger partial charge in [-0.15, -0.1) is 0 Å². The molecule has 2 atom stereocenters. The Morgan fingerprint density at radius 2 is 2.05 bits per heavy atom. The lowest BCUT2D eigenvalue weighted by atomic mass is 9.94. The van der Waals surface area contributed by atoms with Crippen molar-refractivity contribution in [2.75, 3.05) is 0 Å².